The van der Waals surface area contributed by atoms with E-state index in [4.69, 9.17) is 10.00 Å². The van der Waals surface area contributed by atoms with Gasteiger partial charge in [0, 0.05) is 9.13 Å². The molecule has 90 valence electrons. The first-order valence-electron chi connectivity index (χ1n) is 5.26. The highest BCUT2D eigenvalue weighted by Crippen LogP contribution is 2.17. The van der Waals surface area contributed by atoms with Crippen molar-refractivity contribution >= 4 is 22.6 Å². The van der Waals surface area contributed by atoms with Crippen molar-refractivity contribution < 1.29 is 9.13 Å². The second-order valence-corrected chi connectivity index (χ2v) is 4.91. The molecule has 0 N–H and O–H groups in total. The molecule has 18 heavy (non-hydrogen) atoms. The Morgan fingerprint density at radius 2 is 1.89 bits per heavy atom. The first kappa shape index (κ1) is 12.8. The molecule has 0 saturated heterocycles. The van der Waals surface area contributed by atoms with Crippen LogP contribution >= 0.6 is 22.6 Å². The third-order valence-corrected chi connectivity index (χ3v) is 3.11. The number of nitriles is 1. The zero-order valence-corrected chi connectivity index (χ0v) is 11.5. The second-order valence-electron chi connectivity index (χ2n) is 3.66. The van der Waals surface area contributed by atoms with E-state index in [0.717, 1.165) is 3.57 Å². The van der Waals surface area contributed by atoms with Crippen LogP contribution in [0.15, 0.2) is 42.5 Å². The van der Waals surface area contributed by atoms with Gasteiger partial charge in [-0.15, -0.1) is 0 Å². The van der Waals surface area contributed by atoms with Gasteiger partial charge in [0.05, 0.1) is 11.6 Å². The molecule has 0 spiro atoms. The molecule has 0 aromatic heterocycles. The van der Waals surface area contributed by atoms with Crippen molar-refractivity contribution in [1.82, 2.24) is 0 Å². The van der Waals surface area contributed by atoms with Crippen LogP contribution in [-0.4, -0.2) is 0 Å². The van der Waals surface area contributed by atoms with Crippen LogP contribution in [-0.2, 0) is 6.61 Å². The lowest BCUT2D eigenvalue weighted by molar-refractivity contribution is 0.300. The van der Waals surface area contributed by atoms with Gasteiger partial charge in [-0.05, 0) is 59.0 Å². The van der Waals surface area contributed by atoms with Gasteiger partial charge >= 0.3 is 0 Å². The van der Waals surface area contributed by atoms with Crippen molar-refractivity contribution in [1.29, 1.82) is 5.26 Å². The lowest BCUT2D eigenvalue weighted by Gasteiger charge is -2.07. The molecule has 4 heteroatoms. The molecule has 2 aromatic rings. The Bertz CT molecular complexity index is 590. The van der Waals surface area contributed by atoms with E-state index in [1.54, 1.807) is 12.1 Å². The maximum absolute atomic E-state index is 13.6. The summed E-state index contributed by atoms with van der Waals surface area (Å²) in [5.41, 5.74) is 0.748. The summed E-state index contributed by atoms with van der Waals surface area (Å²) in [5, 5.41) is 8.64. The SMILES string of the molecule is N#Cc1ccc(COc2ccc(I)cc2)c(F)c1. The van der Waals surface area contributed by atoms with E-state index < -0.39 is 5.82 Å². The Morgan fingerprint density at radius 1 is 1.17 bits per heavy atom. The molecule has 2 aromatic carbocycles. The normalized spacial score (nSPS) is 9.83. The van der Waals surface area contributed by atoms with Crippen LogP contribution in [0, 0.1) is 20.7 Å². The average molecular weight is 353 g/mol. The molecule has 0 saturated carbocycles. The van der Waals surface area contributed by atoms with Gasteiger partial charge in [-0.25, -0.2) is 4.39 Å². The maximum atomic E-state index is 13.6. The van der Waals surface area contributed by atoms with Crippen molar-refractivity contribution in [3.05, 3.63) is 63.0 Å². The minimum Gasteiger partial charge on any atom is -0.489 e. The first-order chi connectivity index (χ1) is 8.69. The Hall–Kier alpha value is -1.61. The summed E-state index contributed by atoms with van der Waals surface area (Å²) in [5.74, 6) is 0.277. The summed E-state index contributed by atoms with van der Waals surface area (Å²) in [6.45, 7) is 0.151. The molecule has 2 rings (SSSR count). The summed E-state index contributed by atoms with van der Waals surface area (Å²) in [6, 6.07) is 13.8. The molecule has 0 amide bonds. The molecule has 0 aliphatic heterocycles. The number of halogens is 2. The molecular weight excluding hydrogens is 344 g/mol. The third-order valence-electron chi connectivity index (χ3n) is 2.39. The van der Waals surface area contributed by atoms with Gasteiger partial charge in [-0.2, -0.15) is 5.26 Å². The van der Waals surface area contributed by atoms with E-state index in [2.05, 4.69) is 22.6 Å². The van der Waals surface area contributed by atoms with Gasteiger partial charge in [0.25, 0.3) is 0 Å². The first-order valence-corrected chi connectivity index (χ1v) is 6.34. The van der Waals surface area contributed by atoms with Crippen LogP contribution in [0.1, 0.15) is 11.1 Å². The number of hydrogen-bond acceptors (Lipinski definition) is 2. The molecule has 0 aliphatic rings. The highest BCUT2D eigenvalue weighted by Gasteiger charge is 2.04. The zero-order valence-electron chi connectivity index (χ0n) is 9.36. The van der Waals surface area contributed by atoms with E-state index in [1.807, 2.05) is 30.3 Å². The Balaban J connectivity index is 2.06. The quantitative estimate of drug-likeness (QED) is 0.785. The number of hydrogen-bond donors (Lipinski definition) is 0. The minimum absolute atomic E-state index is 0.151. The van der Waals surface area contributed by atoms with Crippen LogP contribution in [0.25, 0.3) is 0 Å². The lowest BCUT2D eigenvalue weighted by atomic mass is 10.1. The van der Waals surface area contributed by atoms with Crippen molar-refractivity contribution in [2.75, 3.05) is 0 Å². The predicted molar refractivity (Wildman–Crippen MR) is 74.6 cm³/mol. The Morgan fingerprint density at radius 3 is 2.50 bits per heavy atom. The Labute approximate surface area is 118 Å². The fraction of sp³-hybridized carbons (Fsp3) is 0.0714. The third kappa shape index (κ3) is 3.20. The molecule has 2 nitrogen and oxygen atoms in total. The maximum Gasteiger partial charge on any atom is 0.131 e. The van der Waals surface area contributed by atoms with Crippen LogP contribution < -0.4 is 4.74 Å². The van der Waals surface area contributed by atoms with Gasteiger partial charge in [0.15, 0.2) is 0 Å². The number of nitrogens with zero attached hydrogens (tertiary/aromatic N) is 1. The van der Waals surface area contributed by atoms with E-state index in [-0.39, 0.29) is 6.61 Å². The van der Waals surface area contributed by atoms with Crippen molar-refractivity contribution in [3.63, 3.8) is 0 Å². The van der Waals surface area contributed by atoms with Crippen LogP contribution in [0.2, 0.25) is 0 Å². The van der Waals surface area contributed by atoms with Crippen LogP contribution in [0.4, 0.5) is 4.39 Å². The fourth-order valence-electron chi connectivity index (χ4n) is 1.43. The number of benzene rings is 2. The van der Waals surface area contributed by atoms with Crippen LogP contribution in [0.3, 0.4) is 0 Å². The van der Waals surface area contributed by atoms with Gasteiger partial charge in [-0.1, -0.05) is 6.07 Å². The monoisotopic (exact) mass is 353 g/mol. The molecule has 0 bridgehead atoms. The molecular formula is C14H9FINO. The highest BCUT2D eigenvalue weighted by atomic mass is 127. The standard InChI is InChI=1S/C14H9FINO/c15-14-7-10(8-17)1-2-11(14)9-18-13-5-3-12(16)4-6-13/h1-7H,9H2. The summed E-state index contributed by atoms with van der Waals surface area (Å²) in [4.78, 5) is 0. The van der Waals surface area contributed by atoms with Gasteiger partial charge in [-0.3, -0.25) is 0 Å². The molecule has 0 aliphatic carbocycles. The van der Waals surface area contributed by atoms with Gasteiger partial charge in [0.1, 0.15) is 18.2 Å². The highest BCUT2D eigenvalue weighted by molar-refractivity contribution is 14.1. The topological polar surface area (TPSA) is 33.0 Å². The van der Waals surface area contributed by atoms with E-state index in [0.29, 0.717) is 16.9 Å². The molecule has 0 unspecified atom stereocenters. The summed E-state index contributed by atoms with van der Waals surface area (Å²) in [6.07, 6.45) is 0. The van der Waals surface area contributed by atoms with E-state index in [9.17, 15) is 4.39 Å². The predicted octanol–water partition coefficient (Wildman–Crippen LogP) is 3.88. The van der Waals surface area contributed by atoms with E-state index >= 15 is 0 Å². The summed E-state index contributed by atoms with van der Waals surface area (Å²) >= 11 is 2.20. The minimum atomic E-state index is -0.417. The molecule has 0 heterocycles. The molecule has 0 radical (unpaired) electrons. The van der Waals surface area contributed by atoms with Crippen molar-refractivity contribution in [2.45, 2.75) is 6.61 Å². The van der Waals surface area contributed by atoms with Crippen LogP contribution in [0.5, 0.6) is 5.75 Å². The summed E-state index contributed by atoms with van der Waals surface area (Å²) < 4.78 is 20.2. The lowest BCUT2D eigenvalue weighted by Crippen LogP contribution is -1.98. The molecule has 0 atom stereocenters. The Kier molecular flexibility index (Phi) is 4.15. The number of ether oxygens (including phenoxy) is 1. The van der Waals surface area contributed by atoms with Crippen molar-refractivity contribution in [3.8, 4) is 11.8 Å². The number of rotatable bonds is 3. The second kappa shape index (κ2) is 5.83. The van der Waals surface area contributed by atoms with Gasteiger partial charge < -0.3 is 4.74 Å². The zero-order chi connectivity index (χ0) is 13.0. The largest absolute Gasteiger partial charge is 0.489 e. The fourth-order valence-corrected chi connectivity index (χ4v) is 1.79. The smallest absolute Gasteiger partial charge is 0.131 e. The summed E-state index contributed by atoms with van der Waals surface area (Å²) in [7, 11) is 0. The van der Waals surface area contributed by atoms with Crippen molar-refractivity contribution in [2.24, 2.45) is 0 Å². The molecule has 0 fully saturated rings. The van der Waals surface area contributed by atoms with E-state index in [1.165, 1.54) is 6.07 Å². The average Bonchev–Trinajstić information content (AvgIpc) is 2.39. The van der Waals surface area contributed by atoms with Gasteiger partial charge in [0.2, 0.25) is 0 Å².